The average Bonchev–Trinajstić information content (AvgIpc) is 2.70. The number of rotatable bonds is 7. The van der Waals surface area contributed by atoms with Gasteiger partial charge in [-0.15, -0.1) is 0 Å². The minimum atomic E-state index is -0.404. The van der Waals surface area contributed by atoms with Gasteiger partial charge in [0.15, 0.2) is 0 Å². The molecular formula is C21H22BrNO4. The number of benzene rings is 2. The molecule has 5 nitrogen and oxygen atoms in total. The van der Waals surface area contributed by atoms with Gasteiger partial charge in [0.05, 0.1) is 18.7 Å². The molecule has 2 unspecified atom stereocenters. The van der Waals surface area contributed by atoms with Crippen LogP contribution in [0, 0.1) is 5.92 Å². The van der Waals surface area contributed by atoms with Crippen LogP contribution in [0.3, 0.4) is 0 Å². The van der Waals surface area contributed by atoms with Crippen molar-refractivity contribution < 1.29 is 19.4 Å². The van der Waals surface area contributed by atoms with Gasteiger partial charge in [0.25, 0.3) is 0 Å². The maximum atomic E-state index is 12.3. The zero-order valence-corrected chi connectivity index (χ0v) is 16.8. The molecule has 2 aromatic carbocycles. The van der Waals surface area contributed by atoms with E-state index in [-0.39, 0.29) is 24.5 Å². The van der Waals surface area contributed by atoms with Crippen molar-refractivity contribution in [2.45, 2.75) is 13.0 Å². The van der Waals surface area contributed by atoms with Crippen LogP contribution in [0.15, 0.2) is 59.1 Å². The molecule has 0 aromatic heterocycles. The summed E-state index contributed by atoms with van der Waals surface area (Å²) in [5.74, 6) is -0.804. The number of nitrogens with one attached hydrogen (secondary N) is 1. The Morgan fingerprint density at radius 1 is 1.15 bits per heavy atom. The molecule has 142 valence electrons. The van der Waals surface area contributed by atoms with Crippen LogP contribution in [-0.2, 0) is 9.53 Å². The van der Waals surface area contributed by atoms with Crippen molar-refractivity contribution in [3.8, 4) is 0 Å². The first-order valence-corrected chi connectivity index (χ1v) is 9.27. The molecule has 27 heavy (non-hydrogen) atoms. The number of aliphatic hydroxyl groups is 1. The topological polar surface area (TPSA) is 75.6 Å². The van der Waals surface area contributed by atoms with E-state index >= 15 is 0 Å². The Hall–Kier alpha value is -2.44. The smallest absolute Gasteiger partial charge is 0.337 e. The standard InChI is InChI=1S/C21H22BrNO4/c1-14(13-24)20(16-8-10-18(22)11-9-16)23-19(25)12-5-15-3-6-17(7-4-15)21(26)27-2/h3-12,14,20,24H,13H2,1-2H3,(H,23,25)/b12-5+. The van der Waals surface area contributed by atoms with Gasteiger partial charge in [-0.2, -0.15) is 0 Å². The molecule has 6 heteroatoms. The Morgan fingerprint density at radius 2 is 1.78 bits per heavy atom. The summed E-state index contributed by atoms with van der Waals surface area (Å²) in [5.41, 5.74) is 2.16. The van der Waals surface area contributed by atoms with E-state index in [9.17, 15) is 14.7 Å². The van der Waals surface area contributed by atoms with Crippen molar-refractivity contribution in [2.24, 2.45) is 5.92 Å². The zero-order valence-electron chi connectivity index (χ0n) is 15.2. The zero-order chi connectivity index (χ0) is 19.8. The maximum Gasteiger partial charge on any atom is 0.337 e. The van der Waals surface area contributed by atoms with Crippen molar-refractivity contribution in [1.82, 2.24) is 5.32 Å². The second kappa shape index (κ2) is 10.0. The normalized spacial score (nSPS) is 13.2. The summed E-state index contributed by atoms with van der Waals surface area (Å²) in [7, 11) is 1.33. The van der Waals surface area contributed by atoms with Crippen molar-refractivity contribution in [2.75, 3.05) is 13.7 Å². The number of amides is 1. The summed E-state index contributed by atoms with van der Waals surface area (Å²) in [6, 6.07) is 14.1. The van der Waals surface area contributed by atoms with Crippen LogP contribution in [0.5, 0.6) is 0 Å². The first-order valence-electron chi connectivity index (χ1n) is 8.48. The largest absolute Gasteiger partial charge is 0.465 e. The molecule has 2 rings (SSSR count). The lowest BCUT2D eigenvalue weighted by molar-refractivity contribution is -0.117. The number of carbonyl (C=O) groups is 2. The molecule has 2 N–H and O–H groups in total. The molecule has 0 saturated carbocycles. The highest BCUT2D eigenvalue weighted by atomic mass is 79.9. The number of carbonyl (C=O) groups excluding carboxylic acids is 2. The predicted molar refractivity (Wildman–Crippen MR) is 108 cm³/mol. The van der Waals surface area contributed by atoms with Crippen LogP contribution in [0.2, 0.25) is 0 Å². The van der Waals surface area contributed by atoms with E-state index < -0.39 is 5.97 Å². The third kappa shape index (κ3) is 6.05. The van der Waals surface area contributed by atoms with Gasteiger partial charge >= 0.3 is 5.97 Å². The predicted octanol–water partition coefficient (Wildman–Crippen LogP) is 3.73. The van der Waals surface area contributed by atoms with E-state index in [4.69, 9.17) is 0 Å². The lowest BCUT2D eigenvalue weighted by Gasteiger charge is -2.23. The first-order chi connectivity index (χ1) is 12.9. The number of esters is 1. The molecule has 0 aliphatic heterocycles. The summed E-state index contributed by atoms with van der Waals surface area (Å²) in [5, 5.41) is 12.5. The van der Waals surface area contributed by atoms with Gasteiger partial charge < -0.3 is 15.2 Å². The van der Waals surface area contributed by atoms with Gasteiger partial charge in [0.2, 0.25) is 5.91 Å². The quantitative estimate of drug-likeness (QED) is 0.517. The highest BCUT2D eigenvalue weighted by Crippen LogP contribution is 2.23. The fourth-order valence-corrected chi connectivity index (χ4v) is 2.82. The second-order valence-electron chi connectivity index (χ2n) is 6.14. The van der Waals surface area contributed by atoms with Crippen molar-refractivity contribution >= 4 is 33.9 Å². The molecule has 2 aromatic rings. The van der Waals surface area contributed by atoms with Crippen LogP contribution >= 0.6 is 15.9 Å². The number of ether oxygens (including phenoxy) is 1. The molecule has 0 saturated heterocycles. The fraction of sp³-hybridized carbons (Fsp3) is 0.238. The lowest BCUT2D eigenvalue weighted by atomic mass is 9.95. The molecule has 0 heterocycles. The molecule has 0 fully saturated rings. The number of hydrogen-bond acceptors (Lipinski definition) is 4. The Kier molecular flexibility index (Phi) is 7.76. The molecule has 0 aliphatic carbocycles. The molecule has 0 spiro atoms. The number of methoxy groups -OCH3 is 1. The van der Waals surface area contributed by atoms with E-state index in [0.29, 0.717) is 5.56 Å². The average molecular weight is 432 g/mol. The van der Waals surface area contributed by atoms with Crippen LogP contribution in [0.25, 0.3) is 6.08 Å². The third-order valence-electron chi connectivity index (χ3n) is 4.14. The Morgan fingerprint density at radius 3 is 2.33 bits per heavy atom. The molecule has 0 aliphatic rings. The number of halogens is 1. The minimum absolute atomic E-state index is 0.0419. The van der Waals surface area contributed by atoms with E-state index in [1.54, 1.807) is 30.3 Å². The first kappa shape index (κ1) is 20.9. The van der Waals surface area contributed by atoms with Gasteiger partial charge in [-0.25, -0.2) is 4.79 Å². The summed E-state index contributed by atoms with van der Waals surface area (Å²) in [6.07, 6.45) is 3.10. The van der Waals surface area contributed by atoms with Crippen molar-refractivity contribution in [3.63, 3.8) is 0 Å². The molecule has 0 radical (unpaired) electrons. The van der Waals surface area contributed by atoms with E-state index in [1.807, 2.05) is 31.2 Å². The minimum Gasteiger partial charge on any atom is -0.465 e. The summed E-state index contributed by atoms with van der Waals surface area (Å²) in [6.45, 7) is 1.84. The van der Waals surface area contributed by atoms with Gasteiger partial charge in [0.1, 0.15) is 0 Å². The Balaban J connectivity index is 2.07. The van der Waals surface area contributed by atoms with Gasteiger partial charge in [-0.3, -0.25) is 4.79 Å². The highest BCUT2D eigenvalue weighted by Gasteiger charge is 2.20. The monoisotopic (exact) mass is 431 g/mol. The SMILES string of the molecule is COC(=O)c1ccc(/C=C/C(=O)NC(c2ccc(Br)cc2)C(C)CO)cc1. The number of aliphatic hydroxyl groups excluding tert-OH is 1. The fourth-order valence-electron chi connectivity index (χ4n) is 2.55. The lowest BCUT2D eigenvalue weighted by Crippen LogP contribution is -2.32. The van der Waals surface area contributed by atoms with E-state index in [0.717, 1.165) is 15.6 Å². The van der Waals surface area contributed by atoms with Gasteiger partial charge in [-0.1, -0.05) is 47.1 Å². The van der Waals surface area contributed by atoms with Crippen molar-refractivity contribution in [1.29, 1.82) is 0 Å². The van der Waals surface area contributed by atoms with Gasteiger partial charge in [0, 0.05) is 23.1 Å². The Bertz CT molecular complexity index is 800. The summed E-state index contributed by atoms with van der Waals surface area (Å²) < 4.78 is 5.60. The highest BCUT2D eigenvalue weighted by molar-refractivity contribution is 9.10. The van der Waals surface area contributed by atoms with Crippen LogP contribution < -0.4 is 5.32 Å². The molecular weight excluding hydrogens is 410 g/mol. The van der Waals surface area contributed by atoms with Gasteiger partial charge in [-0.05, 0) is 41.5 Å². The van der Waals surface area contributed by atoms with Crippen LogP contribution in [-0.4, -0.2) is 30.7 Å². The number of hydrogen-bond donors (Lipinski definition) is 2. The summed E-state index contributed by atoms with van der Waals surface area (Å²) >= 11 is 3.39. The van der Waals surface area contributed by atoms with Crippen LogP contribution in [0.1, 0.15) is 34.5 Å². The molecule has 2 atom stereocenters. The third-order valence-corrected chi connectivity index (χ3v) is 4.67. The maximum absolute atomic E-state index is 12.3. The molecule has 0 bridgehead atoms. The second-order valence-corrected chi connectivity index (χ2v) is 7.06. The van der Waals surface area contributed by atoms with E-state index in [2.05, 4.69) is 26.0 Å². The Labute approximate surface area is 167 Å². The summed E-state index contributed by atoms with van der Waals surface area (Å²) in [4.78, 5) is 23.8. The van der Waals surface area contributed by atoms with Crippen LogP contribution in [0.4, 0.5) is 0 Å². The van der Waals surface area contributed by atoms with Crippen molar-refractivity contribution in [3.05, 3.63) is 75.8 Å². The van der Waals surface area contributed by atoms with E-state index in [1.165, 1.54) is 13.2 Å². The molecule has 1 amide bonds.